The average molecular weight is 618 g/mol. The predicted molar refractivity (Wildman–Crippen MR) is 169 cm³/mol. The molecule has 2 unspecified atom stereocenters. The number of methoxy groups -OCH3 is 2. The monoisotopic (exact) mass is 617 g/mol. The summed E-state index contributed by atoms with van der Waals surface area (Å²) >= 11 is 0. The van der Waals surface area contributed by atoms with Crippen LogP contribution >= 0.6 is 0 Å². The number of nitrogens with zero attached hydrogens (tertiary/aromatic N) is 3. The second kappa shape index (κ2) is 14.5. The van der Waals surface area contributed by atoms with Gasteiger partial charge in [0.05, 0.1) is 7.11 Å². The van der Waals surface area contributed by atoms with E-state index in [4.69, 9.17) is 9.47 Å². The lowest BCUT2D eigenvalue weighted by Gasteiger charge is -2.34. The molecule has 1 aliphatic rings. The molecule has 2 aromatic carbocycles. The summed E-state index contributed by atoms with van der Waals surface area (Å²) in [5.41, 5.74) is 6.95. The first-order valence-corrected chi connectivity index (χ1v) is 15.2. The van der Waals surface area contributed by atoms with Crippen molar-refractivity contribution >= 4 is 22.9 Å². The summed E-state index contributed by atoms with van der Waals surface area (Å²) in [4.78, 5) is 39.0. The van der Waals surface area contributed by atoms with Crippen LogP contribution in [0.5, 0.6) is 6.01 Å². The van der Waals surface area contributed by atoms with Crippen LogP contribution < -0.4 is 10.1 Å². The minimum absolute atomic E-state index is 0.0623. The van der Waals surface area contributed by atoms with Gasteiger partial charge in [0, 0.05) is 79.6 Å². The summed E-state index contributed by atoms with van der Waals surface area (Å²) in [5, 5.41) is 13.2. The first-order chi connectivity index (χ1) is 21.7. The van der Waals surface area contributed by atoms with Gasteiger partial charge in [-0.2, -0.15) is 0 Å². The van der Waals surface area contributed by atoms with E-state index in [0.717, 1.165) is 57.3 Å². The Morgan fingerprint density at radius 3 is 2.58 bits per heavy atom. The number of amides is 2. The molecule has 3 heterocycles. The molecule has 0 aliphatic carbocycles. The van der Waals surface area contributed by atoms with Crippen molar-refractivity contribution in [2.24, 2.45) is 0 Å². The molecule has 45 heavy (non-hydrogen) atoms. The van der Waals surface area contributed by atoms with Gasteiger partial charge in [0.1, 0.15) is 0 Å². The van der Waals surface area contributed by atoms with E-state index in [1.807, 2.05) is 41.3 Å². The molecule has 238 valence electrons. The minimum Gasteiger partial charge on any atom is -0.467 e. The molecule has 1 aliphatic heterocycles. The number of aromatic amines is 1. The molecule has 1 fully saturated rings. The Hall–Kier alpha value is -4.51. The zero-order valence-corrected chi connectivity index (χ0v) is 25.9. The first kappa shape index (κ1) is 31.9. The van der Waals surface area contributed by atoms with Crippen LogP contribution in [0.25, 0.3) is 22.0 Å². The maximum absolute atomic E-state index is 13.8. The van der Waals surface area contributed by atoms with Crippen molar-refractivity contribution in [3.05, 3.63) is 77.2 Å². The number of hydrogen-bond donors (Lipinski definition) is 3. The lowest BCUT2D eigenvalue weighted by atomic mass is 9.91. The summed E-state index contributed by atoms with van der Waals surface area (Å²) in [6.45, 7) is 3.27. The van der Waals surface area contributed by atoms with Crippen molar-refractivity contribution in [2.75, 3.05) is 27.3 Å². The Morgan fingerprint density at radius 1 is 1.13 bits per heavy atom. The first-order valence-electron chi connectivity index (χ1n) is 15.2. The Morgan fingerprint density at radius 2 is 1.89 bits per heavy atom. The minimum atomic E-state index is -1.30. The molecule has 1 saturated heterocycles. The van der Waals surface area contributed by atoms with Gasteiger partial charge in [0.2, 0.25) is 5.91 Å². The fourth-order valence-electron chi connectivity index (χ4n) is 6.25. The number of H-pyrrole nitrogens is 1. The van der Waals surface area contributed by atoms with Crippen LogP contribution in [0, 0.1) is 6.92 Å². The van der Waals surface area contributed by atoms with Gasteiger partial charge in [0.25, 0.3) is 0 Å². The van der Waals surface area contributed by atoms with E-state index in [9.17, 15) is 19.1 Å². The number of nitrogens with one attached hydrogen (secondary N) is 2. The summed E-state index contributed by atoms with van der Waals surface area (Å²) in [5.74, 6) is 0.0460. The molecule has 2 amide bonds. The summed E-state index contributed by atoms with van der Waals surface area (Å²) in [6.07, 6.45) is 3.95. The number of halogens is 1. The third kappa shape index (κ3) is 7.78. The van der Waals surface area contributed by atoms with Crippen molar-refractivity contribution in [3.63, 3.8) is 0 Å². The van der Waals surface area contributed by atoms with Crippen molar-refractivity contribution in [1.29, 1.82) is 0 Å². The van der Waals surface area contributed by atoms with Gasteiger partial charge in [-0.3, -0.25) is 4.79 Å². The molecule has 4 aromatic rings. The highest BCUT2D eigenvalue weighted by Gasteiger charge is 2.29. The number of carbonyl (C=O) groups is 2. The van der Waals surface area contributed by atoms with E-state index in [1.165, 1.54) is 14.2 Å². The lowest BCUT2D eigenvalue weighted by Crippen LogP contribution is -2.44. The lowest BCUT2D eigenvalue weighted by molar-refractivity contribution is -0.132. The number of rotatable bonds is 12. The van der Waals surface area contributed by atoms with E-state index in [1.54, 1.807) is 12.4 Å². The van der Waals surface area contributed by atoms with Gasteiger partial charge in [-0.15, -0.1) is 0 Å². The number of carbonyl (C=O) groups excluding carboxylic acids is 1. The Kier molecular flexibility index (Phi) is 10.3. The number of benzene rings is 2. The van der Waals surface area contributed by atoms with Crippen LogP contribution in [-0.2, 0) is 22.4 Å². The normalized spacial score (nSPS) is 16.4. The van der Waals surface area contributed by atoms with Crippen molar-refractivity contribution in [3.8, 4) is 17.1 Å². The standard InChI is InChI=1S/C34H40FN5O5/c1-21-28-8-4-6-24(13-14-29(35)44-2)32(28)39-31(21)25-7-5-15-40(20-25)30(41)17-27(38-34(42)43)16-22-9-11-23(12-10-22)26-18-36-33(45-3)37-19-26/h4,6,8-12,18-19,25,27,29,38-39H,5,7,13-17,20H2,1-3H3,(H,42,43)/t25?,27-,29?/m1/s1. The number of fused-ring (bicyclic) bond motifs is 1. The maximum atomic E-state index is 13.8. The number of aryl methyl sites for hydroxylation is 2. The molecule has 11 heteroatoms. The van der Waals surface area contributed by atoms with Crippen LogP contribution in [0.15, 0.2) is 54.9 Å². The quantitative estimate of drug-likeness (QED) is 0.183. The number of ether oxygens (including phenoxy) is 2. The number of hydrogen-bond acceptors (Lipinski definition) is 6. The molecular weight excluding hydrogens is 577 g/mol. The Labute approximate surface area is 262 Å². The van der Waals surface area contributed by atoms with Crippen LogP contribution in [-0.4, -0.2) is 76.7 Å². The van der Waals surface area contributed by atoms with E-state index >= 15 is 0 Å². The Bertz CT molecular complexity index is 1610. The van der Waals surface area contributed by atoms with Gasteiger partial charge >= 0.3 is 12.1 Å². The van der Waals surface area contributed by atoms with Gasteiger partial charge in [-0.05, 0) is 54.9 Å². The maximum Gasteiger partial charge on any atom is 0.404 e. The smallest absolute Gasteiger partial charge is 0.404 e. The Balaban J connectivity index is 1.25. The van der Waals surface area contributed by atoms with E-state index in [0.29, 0.717) is 31.9 Å². The molecule has 10 nitrogen and oxygen atoms in total. The SMILES string of the molecule is COc1ncc(-c2ccc(C[C@H](CC(=O)N3CCCC(c4[nH]c5c(CCC(F)OC)cccc5c4C)C3)NC(=O)O)cc2)cn1. The van der Waals surface area contributed by atoms with Crippen molar-refractivity contribution < 1.29 is 28.6 Å². The summed E-state index contributed by atoms with van der Waals surface area (Å²) < 4.78 is 23.6. The number of piperidine rings is 1. The molecule has 0 bridgehead atoms. The summed E-state index contributed by atoms with van der Waals surface area (Å²) in [7, 11) is 2.88. The highest BCUT2D eigenvalue weighted by molar-refractivity contribution is 5.87. The van der Waals surface area contributed by atoms with Gasteiger partial charge in [0.15, 0.2) is 6.36 Å². The van der Waals surface area contributed by atoms with Crippen molar-refractivity contribution in [2.45, 2.75) is 63.8 Å². The number of alkyl halides is 1. The predicted octanol–water partition coefficient (Wildman–Crippen LogP) is 5.79. The molecule has 3 N–H and O–H groups in total. The van der Waals surface area contributed by atoms with E-state index in [2.05, 4.69) is 33.3 Å². The largest absolute Gasteiger partial charge is 0.467 e. The molecule has 0 radical (unpaired) electrons. The molecule has 5 rings (SSSR count). The van der Waals surface area contributed by atoms with E-state index in [-0.39, 0.29) is 24.7 Å². The molecule has 2 aromatic heterocycles. The fraction of sp³-hybridized carbons (Fsp3) is 0.412. The van der Waals surface area contributed by atoms with Crippen LogP contribution in [0.2, 0.25) is 0 Å². The number of likely N-dealkylation sites (tertiary alicyclic amines) is 1. The molecule has 0 saturated carbocycles. The van der Waals surface area contributed by atoms with Crippen molar-refractivity contribution in [1.82, 2.24) is 25.2 Å². The number of carboxylic acid groups (broad SMARTS) is 1. The van der Waals surface area contributed by atoms with Gasteiger partial charge < -0.3 is 29.8 Å². The van der Waals surface area contributed by atoms with Crippen LogP contribution in [0.1, 0.15) is 54.0 Å². The second-order valence-corrected chi connectivity index (χ2v) is 11.6. The van der Waals surface area contributed by atoms with Gasteiger partial charge in [-0.25, -0.2) is 19.2 Å². The third-order valence-corrected chi connectivity index (χ3v) is 8.63. The van der Waals surface area contributed by atoms with Gasteiger partial charge in [-0.1, -0.05) is 42.5 Å². The third-order valence-electron chi connectivity index (χ3n) is 8.63. The molecule has 3 atom stereocenters. The average Bonchev–Trinajstić information content (AvgIpc) is 3.40. The van der Waals surface area contributed by atoms with Crippen LogP contribution in [0.3, 0.4) is 0 Å². The molecular formula is C34H40FN5O5. The fourth-order valence-corrected chi connectivity index (χ4v) is 6.25. The highest BCUT2D eigenvalue weighted by atomic mass is 19.1. The number of para-hydroxylation sites is 1. The zero-order valence-electron chi connectivity index (χ0n) is 25.9. The summed E-state index contributed by atoms with van der Waals surface area (Å²) in [6, 6.07) is 13.5. The number of aromatic nitrogens is 3. The highest BCUT2D eigenvalue weighted by Crippen LogP contribution is 2.34. The van der Waals surface area contributed by atoms with Crippen LogP contribution in [0.4, 0.5) is 9.18 Å². The zero-order chi connectivity index (χ0) is 31.9. The topological polar surface area (TPSA) is 130 Å². The second-order valence-electron chi connectivity index (χ2n) is 11.6. The van der Waals surface area contributed by atoms with E-state index < -0.39 is 18.5 Å². The molecule has 0 spiro atoms.